The van der Waals surface area contributed by atoms with Crippen molar-refractivity contribution in [1.29, 1.82) is 0 Å². The van der Waals surface area contributed by atoms with Gasteiger partial charge < -0.3 is 4.74 Å². The van der Waals surface area contributed by atoms with Gasteiger partial charge >= 0.3 is 0 Å². The molecule has 0 saturated carbocycles. The van der Waals surface area contributed by atoms with Gasteiger partial charge in [-0.05, 0) is 36.8 Å². The standard InChI is InChI=1S/C19H17F3N2O/c1-13(25-12-14-5-3-2-4-6-14)16-11-15(20)7-8-18(16)24-10-9-17(23-24)19(21)22/h2-11,13,19H,12H2,1H3/t13-/m1/s1. The SMILES string of the molecule is C[C@@H](OCc1ccccc1)c1cc(F)ccc1-n1ccc(C(F)F)n1. The lowest BCUT2D eigenvalue weighted by atomic mass is 10.1. The van der Waals surface area contributed by atoms with E-state index < -0.39 is 18.3 Å². The maximum atomic E-state index is 13.7. The maximum Gasteiger partial charge on any atom is 0.282 e. The normalized spacial score (nSPS) is 12.5. The van der Waals surface area contributed by atoms with Gasteiger partial charge in [-0.15, -0.1) is 0 Å². The highest BCUT2D eigenvalue weighted by Gasteiger charge is 2.17. The average molecular weight is 346 g/mol. The van der Waals surface area contributed by atoms with Crippen LogP contribution in [0.1, 0.15) is 36.3 Å². The minimum Gasteiger partial charge on any atom is -0.369 e. The Kier molecular flexibility index (Phi) is 5.19. The van der Waals surface area contributed by atoms with E-state index in [0.29, 0.717) is 17.9 Å². The Morgan fingerprint density at radius 2 is 1.84 bits per heavy atom. The molecule has 0 unspecified atom stereocenters. The van der Waals surface area contributed by atoms with Gasteiger partial charge in [0.1, 0.15) is 11.5 Å². The van der Waals surface area contributed by atoms with Crippen molar-refractivity contribution in [2.75, 3.05) is 0 Å². The van der Waals surface area contributed by atoms with E-state index in [1.54, 1.807) is 6.92 Å². The predicted octanol–water partition coefficient (Wildman–Crippen LogP) is 5.23. The van der Waals surface area contributed by atoms with Gasteiger partial charge in [0.2, 0.25) is 0 Å². The molecule has 3 nitrogen and oxygen atoms in total. The van der Waals surface area contributed by atoms with Gasteiger partial charge in [0.05, 0.1) is 18.4 Å². The first kappa shape index (κ1) is 17.2. The molecular weight excluding hydrogens is 329 g/mol. The number of aromatic nitrogens is 2. The number of nitrogens with zero attached hydrogens (tertiary/aromatic N) is 2. The van der Waals surface area contributed by atoms with E-state index in [1.165, 1.54) is 35.1 Å². The lowest BCUT2D eigenvalue weighted by Crippen LogP contribution is -2.08. The average Bonchev–Trinajstić information content (AvgIpc) is 3.10. The number of benzene rings is 2. The number of hydrogen-bond acceptors (Lipinski definition) is 2. The van der Waals surface area contributed by atoms with Crippen molar-refractivity contribution in [2.24, 2.45) is 0 Å². The summed E-state index contributed by atoms with van der Waals surface area (Å²) < 4.78 is 46.4. The van der Waals surface area contributed by atoms with Crippen molar-refractivity contribution in [3.05, 3.63) is 83.4 Å². The first-order valence-electron chi connectivity index (χ1n) is 7.83. The minimum atomic E-state index is -2.66. The zero-order valence-corrected chi connectivity index (χ0v) is 13.6. The van der Waals surface area contributed by atoms with Crippen LogP contribution in [0, 0.1) is 5.82 Å². The predicted molar refractivity (Wildman–Crippen MR) is 88.1 cm³/mol. The molecule has 0 amide bonds. The summed E-state index contributed by atoms with van der Waals surface area (Å²) in [6.45, 7) is 2.15. The van der Waals surface area contributed by atoms with Crippen LogP contribution in [-0.4, -0.2) is 9.78 Å². The zero-order valence-electron chi connectivity index (χ0n) is 13.6. The summed E-state index contributed by atoms with van der Waals surface area (Å²) in [5.41, 5.74) is 1.72. The topological polar surface area (TPSA) is 27.1 Å². The van der Waals surface area contributed by atoms with Gasteiger partial charge in [0, 0.05) is 11.8 Å². The van der Waals surface area contributed by atoms with E-state index in [2.05, 4.69) is 5.10 Å². The van der Waals surface area contributed by atoms with Crippen LogP contribution >= 0.6 is 0 Å². The van der Waals surface area contributed by atoms with Crippen LogP contribution in [0.4, 0.5) is 13.2 Å². The highest BCUT2D eigenvalue weighted by atomic mass is 19.3. The highest BCUT2D eigenvalue weighted by Crippen LogP contribution is 2.27. The van der Waals surface area contributed by atoms with E-state index in [0.717, 1.165) is 5.56 Å². The van der Waals surface area contributed by atoms with E-state index >= 15 is 0 Å². The Balaban J connectivity index is 1.85. The van der Waals surface area contributed by atoms with Crippen LogP contribution in [0.3, 0.4) is 0 Å². The number of ether oxygens (including phenoxy) is 1. The van der Waals surface area contributed by atoms with Crippen LogP contribution in [0.25, 0.3) is 5.69 Å². The van der Waals surface area contributed by atoms with Crippen LogP contribution in [0.15, 0.2) is 60.8 Å². The van der Waals surface area contributed by atoms with Crippen molar-refractivity contribution >= 4 is 0 Å². The van der Waals surface area contributed by atoms with Crippen molar-refractivity contribution in [3.8, 4) is 5.69 Å². The Bertz CT molecular complexity index is 834. The third-order valence-corrected chi connectivity index (χ3v) is 3.85. The van der Waals surface area contributed by atoms with Crippen molar-refractivity contribution in [2.45, 2.75) is 26.1 Å². The second-order valence-corrected chi connectivity index (χ2v) is 5.63. The summed E-state index contributed by atoms with van der Waals surface area (Å²) in [4.78, 5) is 0. The number of hydrogen-bond donors (Lipinski definition) is 0. The molecule has 1 aromatic heterocycles. The summed E-state index contributed by atoms with van der Waals surface area (Å²) in [6, 6.07) is 15.0. The van der Waals surface area contributed by atoms with Crippen molar-refractivity contribution < 1.29 is 17.9 Å². The highest BCUT2D eigenvalue weighted by molar-refractivity contribution is 5.42. The van der Waals surface area contributed by atoms with Crippen LogP contribution in [0.5, 0.6) is 0 Å². The molecule has 0 radical (unpaired) electrons. The Hall–Kier alpha value is -2.60. The van der Waals surface area contributed by atoms with Gasteiger partial charge in [0.25, 0.3) is 6.43 Å². The third-order valence-electron chi connectivity index (χ3n) is 3.85. The van der Waals surface area contributed by atoms with Crippen LogP contribution in [0.2, 0.25) is 0 Å². The van der Waals surface area contributed by atoms with E-state index in [-0.39, 0.29) is 5.69 Å². The third kappa shape index (κ3) is 4.09. The smallest absolute Gasteiger partial charge is 0.282 e. The summed E-state index contributed by atoms with van der Waals surface area (Å²) >= 11 is 0. The van der Waals surface area contributed by atoms with Gasteiger partial charge in [-0.2, -0.15) is 5.10 Å². The molecule has 0 bridgehead atoms. The molecule has 0 aliphatic heterocycles. The molecule has 25 heavy (non-hydrogen) atoms. The Morgan fingerprint density at radius 1 is 1.08 bits per heavy atom. The monoisotopic (exact) mass is 346 g/mol. The zero-order chi connectivity index (χ0) is 17.8. The quantitative estimate of drug-likeness (QED) is 0.611. The molecular formula is C19H17F3N2O. The minimum absolute atomic E-state index is 0.326. The Morgan fingerprint density at radius 3 is 2.52 bits per heavy atom. The largest absolute Gasteiger partial charge is 0.369 e. The fourth-order valence-corrected chi connectivity index (χ4v) is 2.53. The lowest BCUT2D eigenvalue weighted by Gasteiger charge is -2.17. The van der Waals surface area contributed by atoms with Crippen molar-refractivity contribution in [1.82, 2.24) is 9.78 Å². The molecule has 1 heterocycles. The maximum absolute atomic E-state index is 13.7. The molecule has 6 heteroatoms. The summed E-state index contributed by atoms with van der Waals surface area (Å²) in [5.74, 6) is -0.421. The number of halogens is 3. The number of rotatable bonds is 6. The van der Waals surface area contributed by atoms with Crippen LogP contribution in [-0.2, 0) is 11.3 Å². The first-order chi connectivity index (χ1) is 12.0. The van der Waals surface area contributed by atoms with E-state index in [1.807, 2.05) is 30.3 Å². The van der Waals surface area contributed by atoms with Gasteiger partial charge in [-0.1, -0.05) is 30.3 Å². The Labute approximate surface area is 143 Å². The molecule has 3 rings (SSSR count). The molecule has 0 spiro atoms. The summed E-state index contributed by atoms with van der Waals surface area (Å²) in [7, 11) is 0. The molecule has 0 aliphatic rings. The molecule has 0 N–H and O–H groups in total. The van der Waals surface area contributed by atoms with Crippen molar-refractivity contribution in [3.63, 3.8) is 0 Å². The molecule has 3 aromatic rings. The molecule has 2 aromatic carbocycles. The molecule has 0 fully saturated rings. The second-order valence-electron chi connectivity index (χ2n) is 5.63. The molecule has 0 saturated heterocycles. The van der Waals surface area contributed by atoms with Gasteiger partial charge in [0.15, 0.2) is 0 Å². The second kappa shape index (κ2) is 7.53. The molecule has 1 atom stereocenters. The first-order valence-corrected chi connectivity index (χ1v) is 7.83. The molecule has 0 aliphatic carbocycles. The summed E-state index contributed by atoms with van der Waals surface area (Å²) in [6.07, 6.45) is -1.66. The molecule has 130 valence electrons. The van der Waals surface area contributed by atoms with E-state index in [9.17, 15) is 13.2 Å². The van der Waals surface area contributed by atoms with Crippen LogP contribution < -0.4 is 0 Å². The van der Waals surface area contributed by atoms with E-state index in [4.69, 9.17) is 4.74 Å². The van der Waals surface area contributed by atoms with Gasteiger partial charge in [-0.25, -0.2) is 17.9 Å². The van der Waals surface area contributed by atoms with Gasteiger partial charge in [-0.3, -0.25) is 0 Å². The number of alkyl halides is 2. The summed E-state index contributed by atoms with van der Waals surface area (Å²) in [5, 5.41) is 3.86. The fraction of sp³-hybridized carbons (Fsp3) is 0.211. The lowest BCUT2D eigenvalue weighted by molar-refractivity contribution is 0.0522. The fourth-order valence-electron chi connectivity index (χ4n) is 2.53.